The highest BCUT2D eigenvalue weighted by Gasteiger charge is 2.49. The van der Waals surface area contributed by atoms with Gasteiger partial charge in [0.25, 0.3) is 0 Å². The van der Waals surface area contributed by atoms with Gasteiger partial charge in [0.15, 0.2) is 0 Å². The van der Waals surface area contributed by atoms with Crippen molar-refractivity contribution in [3.63, 3.8) is 0 Å². The first-order valence-electron chi connectivity index (χ1n) is 22.7. The Labute approximate surface area is 326 Å². The molecule has 0 aliphatic rings. The molecule has 0 aromatic rings. The Hall–Kier alpha value is -2.12. The van der Waals surface area contributed by atoms with E-state index in [-0.39, 0.29) is 25.7 Å². The lowest BCUT2D eigenvalue weighted by Crippen LogP contribution is -2.48. The third-order valence-corrected chi connectivity index (χ3v) is 9.89. The van der Waals surface area contributed by atoms with Crippen LogP contribution in [0.25, 0.3) is 0 Å². The summed E-state index contributed by atoms with van der Waals surface area (Å²) in [5, 5.41) is 0. The molecule has 0 saturated heterocycles. The van der Waals surface area contributed by atoms with Crippen LogP contribution in [-0.4, -0.2) is 30.0 Å². The van der Waals surface area contributed by atoms with Gasteiger partial charge in [0.2, 0.25) is 0 Å². The molecule has 0 aromatic heterocycles. The lowest BCUT2D eigenvalue weighted by Gasteiger charge is -2.29. The molecule has 8 heteroatoms. The van der Waals surface area contributed by atoms with Gasteiger partial charge < -0.3 is 18.9 Å². The molecule has 0 radical (unpaired) electrons. The summed E-state index contributed by atoms with van der Waals surface area (Å²) in [5.74, 6) is -2.91. The summed E-state index contributed by atoms with van der Waals surface area (Å²) in [4.78, 5) is 52.8. The van der Waals surface area contributed by atoms with Crippen LogP contribution in [0.2, 0.25) is 0 Å². The molecule has 312 valence electrons. The maximum Gasteiger partial charge on any atom is 0.619 e. The Balaban J connectivity index is 5.54. The molecule has 0 saturated carbocycles. The van der Waals surface area contributed by atoms with E-state index in [0.717, 1.165) is 77.0 Å². The Morgan fingerprint density at radius 1 is 0.264 bits per heavy atom. The molecule has 0 spiro atoms. The van der Waals surface area contributed by atoms with E-state index in [1.807, 2.05) is 0 Å². The van der Waals surface area contributed by atoms with Gasteiger partial charge in [-0.25, -0.2) is 0 Å². The Bertz CT molecular complexity index is 731. The van der Waals surface area contributed by atoms with Crippen molar-refractivity contribution >= 4 is 23.9 Å². The normalized spacial score (nSPS) is 11.4. The minimum atomic E-state index is -2.84. The molecular formula is C45H84O8. The van der Waals surface area contributed by atoms with Crippen LogP contribution in [0.3, 0.4) is 0 Å². The van der Waals surface area contributed by atoms with Gasteiger partial charge in [-0.1, -0.05) is 207 Å². The van der Waals surface area contributed by atoms with Crippen molar-refractivity contribution in [2.45, 2.75) is 265 Å². The fourth-order valence-corrected chi connectivity index (χ4v) is 6.50. The summed E-state index contributed by atoms with van der Waals surface area (Å²) in [7, 11) is 0. The highest BCUT2D eigenvalue weighted by Crippen LogP contribution is 2.25. The van der Waals surface area contributed by atoms with E-state index in [9.17, 15) is 19.2 Å². The smallest absolute Gasteiger partial charge is 0.352 e. The molecule has 0 amide bonds. The number of carbonyl (C=O) groups excluding carboxylic acids is 4. The number of rotatable bonds is 40. The van der Waals surface area contributed by atoms with Crippen LogP contribution in [0.1, 0.15) is 259 Å². The van der Waals surface area contributed by atoms with E-state index >= 15 is 0 Å². The van der Waals surface area contributed by atoms with Gasteiger partial charge in [0.1, 0.15) is 0 Å². The van der Waals surface area contributed by atoms with Gasteiger partial charge in [-0.2, -0.15) is 0 Å². The quantitative estimate of drug-likeness (QED) is 0.0346. The van der Waals surface area contributed by atoms with E-state index in [2.05, 4.69) is 27.7 Å². The second-order valence-electron chi connectivity index (χ2n) is 15.3. The van der Waals surface area contributed by atoms with Gasteiger partial charge in [-0.15, -0.1) is 0 Å². The van der Waals surface area contributed by atoms with E-state index in [1.165, 1.54) is 103 Å². The number of hydrogen-bond donors (Lipinski definition) is 0. The van der Waals surface area contributed by atoms with E-state index < -0.39 is 30.0 Å². The highest BCUT2D eigenvalue weighted by atomic mass is 17.0. The third-order valence-electron chi connectivity index (χ3n) is 9.89. The fourth-order valence-electron chi connectivity index (χ4n) is 6.50. The first kappa shape index (κ1) is 50.9. The van der Waals surface area contributed by atoms with Gasteiger partial charge in [-0.05, 0) is 25.7 Å². The molecule has 0 unspecified atom stereocenters. The summed E-state index contributed by atoms with van der Waals surface area (Å²) in [6.07, 6.45) is 30.9. The average molecular weight is 753 g/mol. The average Bonchev–Trinajstić information content (AvgIpc) is 3.12. The van der Waals surface area contributed by atoms with Crippen LogP contribution in [0.4, 0.5) is 0 Å². The second-order valence-corrected chi connectivity index (χ2v) is 15.3. The largest absolute Gasteiger partial charge is 0.619 e. The maximum atomic E-state index is 13.2. The minimum absolute atomic E-state index is 0.0391. The zero-order chi connectivity index (χ0) is 39.1. The summed E-state index contributed by atoms with van der Waals surface area (Å²) >= 11 is 0. The van der Waals surface area contributed by atoms with Gasteiger partial charge in [0, 0.05) is 25.7 Å². The van der Waals surface area contributed by atoms with Gasteiger partial charge in [0.05, 0.1) is 0 Å². The maximum absolute atomic E-state index is 13.2. The highest BCUT2D eigenvalue weighted by molar-refractivity contribution is 5.75. The van der Waals surface area contributed by atoms with Crippen LogP contribution in [0.15, 0.2) is 0 Å². The number of carbonyl (C=O) groups is 4. The standard InChI is InChI=1S/C45H84O8/c1-5-9-13-17-21-25-29-33-37-41(46)50-45(51-42(47)38-34-30-26-22-18-14-10-6-2,52-43(48)39-35-31-27-23-19-15-11-7-3)53-44(49)40-36-32-28-24-20-16-12-8-4/h5-40H2,1-4H3. The van der Waals surface area contributed by atoms with Crippen LogP contribution >= 0.6 is 0 Å². The van der Waals surface area contributed by atoms with Crippen LogP contribution < -0.4 is 0 Å². The summed E-state index contributed by atoms with van der Waals surface area (Å²) in [5.41, 5.74) is 0. The molecule has 0 heterocycles. The van der Waals surface area contributed by atoms with Crippen LogP contribution in [0, 0.1) is 0 Å². The lowest BCUT2D eigenvalue weighted by molar-refractivity contribution is -0.432. The number of ether oxygens (including phenoxy) is 4. The van der Waals surface area contributed by atoms with E-state index in [1.54, 1.807) is 0 Å². The molecule has 0 atom stereocenters. The monoisotopic (exact) mass is 753 g/mol. The molecule has 0 aromatic carbocycles. The summed E-state index contributed by atoms with van der Waals surface area (Å²) < 4.78 is 22.4. The van der Waals surface area contributed by atoms with Crippen LogP contribution in [-0.2, 0) is 38.1 Å². The van der Waals surface area contributed by atoms with Crippen molar-refractivity contribution in [1.82, 2.24) is 0 Å². The molecule has 0 N–H and O–H groups in total. The van der Waals surface area contributed by atoms with Crippen molar-refractivity contribution < 1.29 is 38.1 Å². The molecule has 53 heavy (non-hydrogen) atoms. The third kappa shape index (κ3) is 34.1. The molecule has 0 bridgehead atoms. The molecule has 0 rings (SSSR count). The second kappa shape index (κ2) is 38.2. The fraction of sp³-hybridized carbons (Fsp3) is 0.911. The molecule has 0 aliphatic carbocycles. The predicted molar refractivity (Wildman–Crippen MR) is 216 cm³/mol. The molecule has 0 fully saturated rings. The Morgan fingerprint density at radius 3 is 0.585 bits per heavy atom. The number of esters is 4. The summed E-state index contributed by atoms with van der Waals surface area (Å²) in [6, 6.07) is 0. The van der Waals surface area contributed by atoms with E-state index in [0.29, 0.717) is 25.7 Å². The lowest BCUT2D eigenvalue weighted by atomic mass is 10.1. The van der Waals surface area contributed by atoms with Gasteiger partial charge >= 0.3 is 30.0 Å². The Morgan fingerprint density at radius 2 is 0.415 bits per heavy atom. The number of unbranched alkanes of at least 4 members (excludes halogenated alkanes) is 28. The molecular weight excluding hydrogens is 668 g/mol. The zero-order valence-corrected chi connectivity index (χ0v) is 35.2. The SMILES string of the molecule is CCCCCCCCCCC(=O)OC(OC(=O)CCCCCCCCCC)(OC(=O)CCCCCCCCCC)OC(=O)CCCCCCCCCC. The summed E-state index contributed by atoms with van der Waals surface area (Å²) in [6.45, 7) is 8.78. The first-order valence-corrected chi connectivity index (χ1v) is 22.7. The zero-order valence-electron chi connectivity index (χ0n) is 35.2. The van der Waals surface area contributed by atoms with Crippen molar-refractivity contribution in [3.05, 3.63) is 0 Å². The van der Waals surface area contributed by atoms with Crippen molar-refractivity contribution in [1.29, 1.82) is 0 Å². The Kier molecular flexibility index (Phi) is 36.6. The first-order chi connectivity index (χ1) is 25.8. The van der Waals surface area contributed by atoms with Gasteiger partial charge in [-0.3, -0.25) is 19.2 Å². The minimum Gasteiger partial charge on any atom is -0.352 e. The van der Waals surface area contributed by atoms with Crippen LogP contribution in [0.5, 0.6) is 0 Å². The molecule has 8 nitrogen and oxygen atoms in total. The van der Waals surface area contributed by atoms with Crippen molar-refractivity contribution in [2.24, 2.45) is 0 Å². The predicted octanol–water partition coefficient (Wildman–Crippen LogP) is 13.9. The van der Waals surface area contributed by atoms with Crippen molar-refractivity contribution in [3.8, 4) is 0 Å². The number of hydrogen-bond acceptors (Lipinski definition) is 8. The topological polar surface area (TPSA) is 105 Å². The van der Waals surface area contributed by atoms with E-state index in [4.69, 9.17) is 18.9 Å². The van der Waals surface area contributed by atoms with Crippen molar-refractivity contribution in [2.75, 3.05) is 0 Å². The molecule has 0 aliphatic heterocycles.